The van der Waals surface area contributed by atoms with E-state index in [1.807, 2.05) is 0 Å². The Hall–Kier alpha value is -2.19. The van der Waals surface area contributed by atoms with E-state index in [0.29, 0.717) is 11.3 Å². The minimum absolute atomic E-state index is 0.411. The summed E-state index contributed by atoms with van der Waals surface area (Å²) in [5.41, 5.74) is 0.403. The molecule has 1 heterocycles. The third-order valence-electron chi connectivity index (χ3n) is 1.78. The van der Waals surface area contributed by atoms with Crippen LogP contribution in [0, 0.1) is 0 Å². The van der Waals surface area contributed by atoms with Gasteiger partial charge in [-0.1, -0.05) is 0 Å². The number of rotatable bonds is 1. The molecule has 0 spiro atoms. The number of isocyanates is 1. The highest BCUT2D eigenvalue weighted by atomic mass is 16.4. The van der Waals surface area contributed by atoms with Crippen molar-refractivity contribution < 1.29 is 9.21 Å². The van der Waals surface area contributed by atoms with Crippen LogP contribution in [0.3, 0.4) is 0 Å². The van der Waals surface area contributed by atoms with Gasteiger partial charge in [-0.15, -0.1) is 0 Å². The smallest absolute Gasteiger partial charge is 0.336 e. The molecule has 0 saturated heterocycles. The van der Waals surface area contributed by atoms with Gasteiger partial charge in [-0.05, 0) is 18.2 Å². The summed E-state index contributed by atoms with van der Waals surface area (Å²) in [6.07, 6.45) is 1.42. The van der Waals surface area contributed by atoms with Crippen LogP contribution in [0.4, 0.5) is 5.69 Å². The van der Waals surface area contributed by atoms with Crippen molar-refractivity contribution in [1.82, 2.24) is 0 Å². The summed E-state index contributed by atoms with van der Waals surface area (Å²) in [4.78, 5) is 24.3. The largest absolute Gasteiger partial charge is 0.423 e. The molecule has 0 N–H and O–H groups in total. The van der Waals surface area contributed by atoms with E-state index in [4.69, 9.17) is 4.42 Å². The molecule has 0 bridgehead atoms. The van der Waals surface area contributed by atoms with Crippen molar-refractivity contribution in [2.45, 2.75) is 0 Å². The number of hydrogen-bond donors (Lipinski definition) is 0. The van der Waals surface area contributed by atoms with Gasteiger partial charge in [0.05, 0.1) is 5.69 Å². The van der Waals surface area contributed by atoms with E-state index in [9.17, 15) is 9.59 Å². The molecule has 1 aromatic heterocycles. The van der Waals surface area contributed by atoms with Crippen molar-refractivity contribution in [2.24, 2.45) is 4.99 Å². The van der Waals surface area contributed by atoms with Crippen LogP contribution in [0.15, 0.2) is 44.5 Å². The standard InChI is InChI=1S/C10H5NO3/c12-6-11-8-3-1-7-2-4-10(13)14-9(7)5-8/h1-5H. The van der Waals surface area contributed by atoms with Crippen LogP contribution < -0.4 is 5.63 Å². The van der Waals surface area contributed by atoms with E-state index in [1.165, 1.54) is 18.2 Å². The normalized spacial score (nSPS) is 9.71. The third-order valence-corrected chi connectivity index (χ3v) is 1.78. The third kappa shape index (κ3) is 1.46. The molecule has 68 valence electrons. The van der Waals surface area contributed by atoms with Gasteiger partial charge in [0.25, 0.3) is 0 Å². The molecular weight excluding hydrogens is 182 g/mol. The first kappa shape index (κ1) is 8.41. The summed E-state index contributed by atoms with van der Waals surface area (Å²) in [6, 6.07) is 7.86. The molecule has 0 aliphatic rings. The lowest BCUT2D eigenvalue weighted by atomic mass is 10.2. The molecule has 4 nitrogen and oxygen atoms in total. The first-order valence-electron chi connectivity index (χ1n) is 3.91. The first-order valence-corrected chi connectivity index (χ1v) is 3.91. The molecular formula is C10H5NO3. The quantitative estimate of drug-likeness (QED) is 0.388. The van der Waals surface area contributed by atoms with Crippen molar-refractivity contribution in [3.05, 3.63) is 40.8 Å². The van der Waals surface area contributed by atoms with Crippen molar-refractivity contribution in [3.8, 4) is 0 Å². The molecule has 0 saturated carbocycles. The molecule has 2 rings (SSSR count). The van der Waals surface area contributed by atoms with Gasteiger partial charge < -0.3 is 4.42 Å². The van der Waals surface area contributed by atoms with Gasteiger partial charge >= 0.3 is 5.63 Å². The second-order valence-electron chi connectivity index (χ2n) is 2.68. The molecule has 0 fully saturated rings. The van der Waals surface area contributed by atoms with Crippen LogP contribution in [-0.4, -0.2) is 6.08 Å². The second-order valence-corrected chi connectivity index (χ2v) is 2.68. The van der Waals surface area contributed by atoms with E-state index < -0.39 is 5.63 Å². The topological polar surface area (TPSA) is 59.6 Å². The maximum atomic E-state index is 10.9. The van der Waals surface area contributed by atoms with Crippen molar-refractivity contribution in [3.63, 3.8) is 0 Å². The highest BCUT2D eigenvalue weighted by Crippen LogP contribution is 2.18. The van der Waals surface area contributed by atoms with Gasteiger partial charge in [-0.2, -0.15) is 4.99 Å². The van der Waals surface area contributed by atoms with Gasteiger partial charge in [-0.3, -0.25) is 0 Å². The Balaban J connectivity index is 2.75. The lowest BCUT2D eigenvalue weighted by Gasteiger charge is -1.95. The highest BCUT2D eigenvalue weighted by molar-refractivity contribution is 5.79. The Labute approximate surface area is 78.5 Å². The zero-order valence-corrected chi connectivity index (χ0v) is 7.06. The summed E-state index contributed by atoms with van der Waals surface area (Å²) in [6.45, 7) is 0. The predicted molar refractivity (Wildman–Crippen MR) is 50.3 cm³/mol. The zero-order chi connectivity index (χ0) is 9.97. The minimum atomic E-state index is -0.426. The van der Waals surface area contributed by atoms with Crippen LogP contribution in [0.25, 0.3) is 11.0 Å². The monoisotopic (exact) mass is 187 g/mol. The van der Waals surface area contributed by atoms with Crippen LogP contribution in [0.2, 0.25) is 0 Å². The van der Waals surface area contributed by atoms with Gasteiger partial charge in [0, 0.05) is 17.5 Å². The lowest BCUT2D eigenvalue weighted by Crippen LogP contribution is -1.93. The molecule has 4 heteroatoms. The Bertz CT molecular complexity index is 579. The fraction of sp³-hybridized carbons (Fsp3) is 0. The molecule has 0 unspecified atom stereocenters. The lowest BCUT2D eigenvalue weighted by molar-refractivity contribution is 0.561. The maximum Gasteiger partial charge on any atom is 0.336 e. The van der Waals surface area contributed by atoms with Crippen molar-refractivity contribution in [1.29, 1.82) is 0 Å². The Morgan fingerprint density at radius 3 is 2.79 bits per heavy atom. The summed E-state index contributed by atoms with van der Waals surface area (Å²) in [7, 11) is 0. The number of nitrogens with zero attached hydrogens (tertiary/aromatic N) is 1. The van der Waals surface area contributed by atoms with Gasteiger partial charge in [0.15, 0.2) is 0 Å². The second kappa shape index (κ2) is 3.28. The summed E-state index contributed by atoms with van der Waals surface area (Å²) in [5, 5.41) is 0.787. The average Bonchev–Trinajstić information content (AvgIpc) is 2.17. The molecule has 1 aromatic carbocycles. The summed E-state index contributed by atoms with van der Waals surface area (Å²) < 4.78 is 4.90. The van der Waals surface area contributed by atoms with Gasteiger partial charge in [-0.25, -0.2) is 9.59 Å². The molecule has 0 radical (unpaired) electrons. The Kier molecular flexibility index (Phi) is 1.97. The molecule has 0 aliphatic carbocycles. The predicted octanol–water partition coefficient (Wildman–Crippen LogP) is 1.76. The van der Waals surface area contributed by atoms with E-state index in [2.05, 4.69) is 4.99 Å². The average molecular weight is 187 g/mol. The van der Waals surface area contributed by atoms with Crippen molar-refractivity contribution >= 4 is 22.7 Å². The van der Waals surface area contributed by atoms with Crippen LogP contribution in [-0.2, 0) is 4.79 Å². The molecule has 0 amide bonds. The summed E-state index contributed by atoms with van der Waals surface area (Å²) >= 11 is 0. The Morgan fingerprint density at radius 2 is 2.00 bits per heavy atom. The SMILES string of the molecule is O=C=Nc1ccc2ccc(=O)oc2c1. The fourth-order valence-electron chi connectivity index (χ4n) is 1.17. The highest BCUT2D eigenvalue weighted by Gasteiger charge is 1.97. The van der Waals surface area contributed by atoms with Crippen LogP contribution in [0.1, 0.15) is 0 Å². The van der Waals surface area contributed by atoms with Crippen LogP contribution >= 0.6 is 0 Å². The molecule has 0 atom stereocenters. The van der Waals surface area contributed by atoms with E-state index in [-0.39, 0.29) is 0 Å². The number of aliphatic imine (C=N–C) groups is 1. The zero-order valence-electron chi connectivity index (χ0n) is 7.06. The first-order chi connectivity index (χ1) is 6.79. The molecule has 0 aliphatic heterocycles. The van der Waals surface area contributed by atoms with E-state index >= 15 is 0 Å². The van der Waals surface area contributed by atoms with E-state index in [1.54, 1.807) is 18.2 Å². The molecule has 2 aromatic rings. The van der Waals surface area contributed by atoms with Gasteiger partial charge in [0.1, 0.15) is 5.58 Å². The van der Waals surface area contributed by atoms with Crippen molar-refractivity contribution in [2.75, 3.05) is 0 Å². The van der Waals surface area contributed by atoms with E-state index in [0.717, 1.165) is 5.39 Å². The van der Waals surface area contributed by atoms with Gasteiger partial charge in [0.2, 0.25) is 6.08 Å². The number of fused-ring (bicyclic) bond motifs is 1. The minimum Gasteiger partial charge on any atom is -0.423 e. The van der Waals surface area contributed by atoms with Crippen LogP contribution in [0.5, 0.6) is 0 Å². The fourth-order valence-corrected chi connectivity index (χ4v) is 1.17. The number of benzene rings is 1. The maximum absolute atomic E-state index is 10.9. The molecule has 14 heavy (non-hydrogen) atoms. The number of hydrogen-bond acceptors (Lipinski definition) is 4. The number of carbonyl (C=O) groups excluding carboxylic acids is 1. The summed E-state index contributed by atoms with van der Waals surface area (Å²) in [5.74, 6) is 0. The Morgan fingerprint density at radius 1 is 1.21 bits per heavy atom.